The number of likely N-dealkylation sites (tertiary alicyclic amines) is 1. The first-order valence-corrected chi connectivity index (χ1v) is 24.4. The van der Waals surface area contributed by atoms with Gasteiger partial charge in [0.1, 0.15) is 36.3 Å². The molecule has 1 aliphatic carbocycles. The number of amides is 6. The standard InChI is InChI=1S/C49H70N12O10/c50-21-9-18-35(56-42(64)33(51)24-29-12-3-1-4-13-29)47(69)61-23-11-20-40(61)46(68)60-39(27-41(62)63)45(67)58-37(25-30-14-5-2-6-15-30)43(65)59-38(26-31-28-55-34-17-8-7-16-32(31)34)44(66)57-36(48(70)71)19-10-22-54-49(52)53/h1,3-4,7-8,12-13,16-17,28,30,33,35-40,55H,2,5-6,9-11,14-15,18-27,50-51H2,(H,56,64)(H,57,66)(H,58,67)(H,59,65)(H,60,68)(H,62,63)(H,70,71)(H4,52,53,54)/t33-,35-,36-,37-,38-,39+,40-/m0/s1. The van der Waals surface area contributed by atoms with Crippen molar-refractivity contribution in [2.45, 2.75) is 139 Å². The van der Waals surface area contributed by atoms with Gasteiger partial charge in [0.15, 0.2) is 5.96 Å². The third-order valence-corrected chi connectivity index (χ3v) is 13.0. The number of aromatic nitrogens is 1. The lowest BCUT2D eigenvalue weighted by atomic mass is 9.84. The van der Waals surface area contributed by atoms with E-state index in [9.17, 15) is 48.6 Å². The maximum Gasteiger partial charge on any atom is 0.326 e. The molecule has 386 valence electrons. The number of nitrogens with zero attached hydrogens (tertiary/aromatic N) is 2. The summed E-state index contributed by atoms with van der Waals surface area (Å²) in [6, 6.07) is 7.47. The molecule has 0 spiro atoms. The lowest BCUT2D eigenvalue weighted by molar-refractivity contribution is -0.144. The van der Waals surface area contributed by atoms with E-state index in [1.54, 1.807) is 12.3 Å². The van der Waals surface area contributed by atoms with E-state index < -0.39 is 96.1 Å². The molecule has 7 atom stereocenters. The van der Waals surface area contributed by atoms with Crippen LogP contribution < -0.4 is 49.5 Å². The van der Waals surface area contributed by atoms with E-state index in [-0.39, 0.29) is 76.5 Å². The number of hydrogen-bond acceptors (Lipinski definition) is 11. The van der Waals surface area contributed by atoms with Crippen LogP contribution in [0.2, 0.25) is 0 Å². The molecule has 1 aromatic heterocycles. The number of nitrogens with two attached hydrogens (primary N) is 4. The summed E-state index contributed by atoms with van der Waals surface area (Å²) in [5, 5.41) is 34.0. The Kier molecular flexibility index (Phi) is 21.1. The first kappa shape index (κ1) is 54.9. The maximum atomic E-state index is 14.5. The quantitative estimate of drug-likeness (QED) is 0.0272. The van der Waals surface area contributed by atoms with Crippen LogP contribution in [0, 0.1) is 5.92 Å². The molecule has 0 unspecified atom stereocenters. The molecule has 0 radical (unpaired) electrons. The van der Waals surface area contributed by atoms with Gasteiger partial charge in [-0.25, -0.2) is 4.79 Å². The summed E-state index contributed by atoms with van der Waals surface area (Å²) in [5.41, 5.74) is 25.0. The normalized spacial score (nSPS) is 17.4. The zero-order chi connectivity index (χ0) is 51.5. The van der Waals surface area contributed by atoms with Crippen molar-refractivity contribution in [1.29, 1.82) is 0 Å². The maximum absolute atomic E-state index is 14.5. The highest BCUT2D eigenvalue weighted by atomic mass is 16.4. The summed E-state index contributed by atoms with van der Waals surface area (Å²) < 4.78 is 0. The summed E-state index contributed by atoms with van der Waals surface area (Å²) in [6.07, 6.45) is 6.54. The van der Waals surface area contributed by atoms with E-state index in [0.29, 0.717) is 18.4 Å². The van der Waals surface area contributed by atoms with Gasteiger partial charge in [0, 0.05) is 36.6 Å². The second-order valence-electron chi connectivity index (χ2n) is 18.4. The fourth-order valence-electron chi connectivity index (χ4n) is 9.27. The Bertz CT molecular complexity index is 2330. The van der Waals surface area contributed by atoms with Gasteiger partial charge in [-0.3, -0.25) is 38.6 Å². The van der Waals surface area contributed by atoms with Crippen molar-refractivity contribution in [2.75, 3.05) is 19.6 Å². The molecule has 1 saturated carbocycles. The smallest absolute Gasteiger partial charge is 0.326 e. The number of carboxylic acids is 2. The molecular weight excluding hydrogens is 917 g/mol. The number of carboxylic acid groups (broad SMARTS) is 2. The van der Waals surface area contributed by atoms with Gasteiger partial charge >= 0.3 is 11.9 Å². The molecule has 1 saturated heterocycles. The van der Waals surface area contributed by atoms with E-state index in [0.717, 1.165) is 48.6 Å². The van der Waals surface area contributed by atoms with E-state index in [2.05, 4.69) is 36.6 Å². The lowest BCUT2D eigenvalue weighted by Crippen LogP contribution is -2.60. The first-order chi connectivity index (χ1) is 34.0. The van der Waals surface area contributed by atoms with Crippen molar-refractivity contribution >= 4 is 64.2 Å². The van der Waals surface area contributed by atoms with Crippen molar-refractivity contribution in [3.05, 3.63) is 71.9 Å². The monoisotopic (exact) mass is 987 g/mol. The van der Waals surface area contributed by atoms with Crippen LogP contribution in [0.5, 0.6) is 0 Å². The number of benzene rings is 2. The number of para-hydroxylation sites is 1. The van der Waals surface area contributed by atoms with E-state index in [1.807, 2.05) is 48.5 Å². The minimum Gasteiger partial charge on any atom is -0.481 e. The molecule has 2 aromatic carbocycles. The molecule has 2 fully saturated rings. The zero-order valence-electron chi connectivity index (χ0n) is 40.0. The lowest BCUT2D eigenvalue weighted by Gasteiger charge is -2.31. The van der Waals surface area contributed by atoms with E-state index in [1.165, 1.54) is 4.90 Å². The Hall–Kier alpha value is -7.07. The molecular formula is C49H70N12O10. The average molecular weight is 987 g/mol. The van der Waals surface area contributed by atoms with Crippen LogP contribution >= 0.6 is 0 Å². The van der Waals surface area contributed by atoms with Crippen LogP contribution in [0.3, 0.4) is 0 Å². The summed E-state index contributed by atoms with van der Waals surface area (Å²) in [5.74, 6) is -7.49. The highest BCUT2D eigenvalue weighted by Crippen LogP contribution is 2.28. The number of rotatable bonds is 27. The van der Waals surface area contributed by atoms with Gasteiger partial charge in [-0.1, -0.05) is 80.6 Å². The van der Waals surface area contributed by atoms with Gasteiger partial charge < -0.3 is 69.6 Å². The minimum atomic E-state index is -1.71. The third kappa shape index (κ3) is 16.8. The van der Waals surface area contributed by atoms with Gasteiger partial charge in [-0.15, -0.1) is 0 Å². The van der Waals surface area contributed by atoms with Crippen molar-refractivity contribution in [1.82, 2.24) is 36.5 Å². The predicted octanol–water partition coefficient (Wildman–Crippen LogP) is 0.0176. The van der Waals surface area contributed by atoms with Crippen LogP contribution in [0.25, 0.3) is 10.9 Å². The SMILES string of the molecule is NCCC[C@H](NC(=O)[C@@H](N)Cc1ccccc1)C(=O)N1CCC[C@H]1C(=O)N[C@H](CC(=O)O)C(=O)N[C@@H](CC1CCCCC1)C(=O)N[C@@H](Cc1c[nH]c2ccccc12)C(=O)N[C@@H](CCCN=C(N)N)C(=O)O. The van der Waals surface area contributed by atoms with Crippen LogP contribution in [0.1, 0.15) is 94.6 Å². The van der Waals surface area contributed by atoms with Crippen molar-refractivity contribution in [3.8, 4) is 0 Å². The molecule has 3 aromatic rings. The van der Waals surface area contributed by atoms with Crippen LogP contribution in [0.15, 0.2) is 65.8 Å². The molecule has 2 aliphatic rings. The summed E-state index contributed by atoms with van der Waals surface area (Å²) in [7, 11) is 0. The Labute approximate surface area is 412 Å². The Morgan fingerprint density at radius 1 is 0.704 bits per heavy atom. The zero-order valence-corrected chi connectivity index (χ0v) is 40.0. The molecule has 22 nitrogen and oxygen atoms in total. The van der Waals surface area contributed by atoms with E-state index in [4.69, 9.17) is 22.9 Å². The number of hydrogen-bond donors (Lipinski definition) is 12. The van der Waals surface area contributed by atoms with Crippen LogP contribution in [0.4, 0.5) is 0 Å². The number of nitrogens with one attached hydrogen (secondary N) is 6. The number of carbonyl (C=O) groups excluding carboxylic acids is 6. The molecule has 71 heavy (non-hydrogen) atoms. The molecule has 16 N–H and O–H groups in total. The van der Waals surface area contributed by atoms with Crippen LogP contribution in [-0.4, -0.2) is 135 Å². The fourth-order valence-corrected chi connectivity index (χ4v) is 9.27. The fraction of sp³-hybridized carbons (Fsp3) is 0.531. The number of carbonyl (C=O) groups is 8. The molecule has 1 aliphatic heterocycles. The van der Waals surface area contributed by atoms with Crippen molar-refractivity contribution < 1.29 is 48.6 Å². The van der Waals surface area contributed by atoms with Crippen molar-refractivity contribution in [3.63, 3.8) is 0 Å². The van der Waals surface area contributed by atoms with Gasteiger partial charge in [0.25, 0.3) is 0 Å². The topological polar surface area (TPSA) is 373 Å². The Morgan fingerprint density at radius 2 is 1.34 bits per heavy atom. The number of aliphatic carboxylic acids is 2. The predicted molar refractivity (Wildman–Crippen MR) is 264 cm³/mol. The summed E-state index contributed by atoms with van der Waals surface area (Å²) >= 11 is 0. The second-order valence-corrected chi connectivity index (χ2v) is 18.4. The third-order valence-electron chi connectivity index (χ3n) is 13.0. The number of fused-ring (bicyclic) bond motifs is 1. The van der Waals surface area contributed by atoms with Gasteiger partial charge in [-0.2, -0.15) is 0 Å². The number of guanidine groups is 1. The highest BCUT2D eigenvalue weighted by Gasteiger charge is 2.40. The molecule has 22 heteroatoms. The average Bonchev–Trinajstić information content (AvgIpc) is 4.01. The first-order valence-electron chi connectivity index (χ1n) is 24.4. The molecule has 6 amide bonds. The molecule has 5 rings (SSSR count). The minimum absolute atomic E-state index is 0.0338. The Morgan fingerprint density at radius 3 is 2.03 bits per heavy atom. The van der Waals surface area contributed by atoms with Gasteiger partial charge in [0.05, 0.1) is 12.5 Å². The van der Waals surface area contributed by atoms with Gasteiger partial charge in [0.2, 0.25) is 35.4 Å². The van der Waals surface area contributed by atoms with Gasteiger partial charge in [-0.05, 0) is 81.0 Å². The summed E-state index contributed by atoms with van der Waals surface area (Å²) in [6.45, 7) is 0.471. The molecule has 2 heterocycles. The molecule has 0 bridgehead atoms. The number of H-pyrrole nitrogens is 1. The summed E-state index contributed by atoms with van der Waals surface area (Å²) in [4.78, 5) is 117. The number of aliphatic imine (C=N–C) groups is 1. The van der Waals surface area contributed by atoms with E-state index >= 15 is 0 Å². The largest absolute Gasteiger partial charge is 0.481 e. The highest BCUT2D eigenvalue weighted by molar-refractivity contribution is 5.98. The van der Waals surface area contributed by atoms with Crippen LogP contribution in [-0.2, 0) is 51.2 Å². The number of aromatic amines is 1. The van der Waals surface area contributed by atoms with Crippen molar-refractivity contribution in [2.24, 2.45) is 33.8 Å². The second kappa shape index (κ2) is 27.4. The Balaban J connectivity index is 1.34.